The minimum absolute atomic E-state index is 0.0880. The smallest absolute Gasteiger partial charge is 0.303 e. The second-order valence-electron chi connectivity index (χ2n) is 10.6. The summed E-state index contributed by atoms with van der Waals surface area (Å²) in [5.74, 6) is 2.85. The molecule has 4 fully saturated rings. The van der Waals surface area contributed by atoms with Gasteiger partial charge in [-0.15, -0.1) is 0 Å². The van der Waals surface area contributed by atoms with Crippen LogP contribution in [0.2, 0.25) is 0 Å². The van der Waals surface area contributed by atoms with Gasteiger partial charge in [-0.2, -0.15) is 0 Å². The van der Waals surface area contributed by atoms with Crippen molar-refractivity contribution in [2.45, 2.75) is 97.0 Å². The quantitative estimate of drug-likeness (QED) is 0.717. The first-order valence-electron chi connectivity index (χ1n) is 11.3. The van der Waals surface area contributed by atoms with Crippen molar-refractivity contribution in [3.8, 4) is 0 Å². The number of aliphatic carboxylic acids is 1. The van der Waals surface area contributed by atoms with Gasteiger partial charge in [-0.05, 0) is 98.2 Å². The number of carboxylic acids is 1. The molecule has 0 saturated heterocycles. The number of fused-ring (bicyclic) bond motifs is 5. The monoisotopic (exact) mass is 362 g/mol. The van der Waals surface area contributed by atoms with Crippen molar-refractivity contribution in [2.75, 3.05) is 0 Å². The highest BCUT2D eigenvalue weighted by Crippen LogP contribution is 2.67. The molecule has 0 aromatic heterocycles. The molecule has 8 atom stereocenters. The number of hydrogen-bond acceptors (Lipinski definition) is 2. The van der Waals surface area contributed by atoms with Crippen molar-refractivity contribution < 1.29 is 15.0 Å². The van der Waals surface area contributed by atoms with Crippen LogP contribution in [0, 0.1) is 40.4 Å². The number of aliphatic hydroxyl groups excluding tert-OH is 1. The van der Waals surface area contributed by atoms with Crippen molar-refractivity contribution in [3.63, 3.8) is 0 Å². The summed E-state index contributed by atoms with van der Waals surface area (Å²) in [7, 11) is 0. The molecule has 0 amide bonds. The van der Waals surface area contributed by atoms with Crippen molar-refractivity contribution in [3.05, 3.63) is 0 Å². The fourth-order valence-corrected chi connectivity index (χ4v) is 8.44. The summed E-state index contributed by atoms with van der Waals surface area (Å²) in [6, 6.07) is 0. The fraction of sp³-hybridized carbons (Fsp3) is 0.957. The number of aliphatic hydroxyl groups is 1. The Morgan fingerprint density at radius 3 is 2.50 bits per heavy atom. The second kappa shape index (κ2) is 6.79. The Morgan fingerprint density at radius 2 is 1.73 bits per heavy atom. The molecule has 148 valence electrons. The third-order valence-electron chi connectivity index (χ3n) is 9.73. The molecule has 0 radical (unpaired) electrons. The lowest BCUT2D eigenvalue weighted by atomic mass is 9.44. The van der Waals surface area contributed by atoms with E-state index in [0.29, 0.717) is 35.0 Å². The minimum atomic E-state index is -0.653. The van der Waals surface area contributed by atoms with Gasteiger partial charge in [-0.25, -0.2) is 0 Å². The molecule has 3 nitrogen and oxygen atoms in total. The van der Waals surface area contributed by atoms with Gasteiger partial charge < -0.3 is 10.2 Å². The predicted octanol–water partition coefficient (Wildman–Crippen LogP) is 5.26. The summed E-state index contributed by atoms with van der Waals surface area (Å²) in [5, 5.41) is 20.0. The molecule has 8 unspecified atom stereocenters. The summed E-state index contributed by atoms with van der Waals surface area (Å²) in [4.78, 5) is 10.9. The molecule has 0 aromatic carbocycles. The third-order valence-corrected chi connectivity index (χ3v) is 9.73. The highest BCUT2D eigenvalue weighted by Gasteiger charge is 2.61. The molecule has 4 saturated carbocycles. The van der Waals surface area contributed by atoms with Crippen LogP contribution in [0.3, 0.4) is 0 Å². The van der Waals surface area contributed by atoms with E-state index in [9.17, 15) is 9.90 Å². The second-order valence-corrected chi connectivity index (χ2v) is 10.6. The molecule has 0 aliphatic heterocycles. The zero-order valence-corrected chi connectivity index (χ0v) is 16.8. The van der Waals surface area contributed by atoms with Crippen molar-refractivity contribution in [1.82, 2.24) is 0 Å². The van der Waals surface area contributed by atoms with Crippen molar-refractivity contribution in [1.29, 1.82) is 0 Å². The van der Waals surface area contributed by atoms with Gasteiger partial charge in [0.25, 0.3) is 0 Å². The van der Waals surface area contributed by atoms with E-state index in [0.717, 1.165) is 31.1 Å². The summed E-state index contributed by atoms with van der Waals surface area (Å²) < 4.78 is 0. The molecule has 4 aliphatic rings. The Hall–Kier alpha value is -0.570. The lowest BCUT2D eigenvalue weighted by Crippen LogP contribution is -2.56. The third kappa shape index (κ3) is 2.84. The molecular weight excluding hydrogens is 324 g/mol. The largest absolute Gasteiger partial charge is 0.481 e. The molecule has 2 N–H and O–H groups in total. The van der Waals surface area contributed by atoms with Gasteiger partial charge in [-0.3, -0.25) is 4.79 Å². The number of carbonyl (C=O) groups is 1. The van der Waals surface area contributed by atoms with Crippen LogP contribution < -0.4 is 0 Å². The van der Waals surface area contributed by atoms with Crippen LogP contribution in [0.1, 0.15) is 90.9 Å². The number of rotatable bonds is 4. The van der Waals surface area contributed by atoms with Gasteiger partial charge >= 0.3 is 5.97 Å². The molecule has 3 heteroatoms. The van der Waals surface area contributed by atoms with Crippen LogP contribution >= 0.6 is 0 Å². The topological polar surface area (TPSA) is 57.5 Å². The summed E-state index contributed by atoms with van der Waals surface area (Å²) in [6.45, 7) is 5.02. The van der Waals surface area contributed by atoms with E-state index >= 15 is 0 Å². The van der Waals surface area contributed by atoms with E-state index in [-0.39, 0.29) is 6.10 Å². The van der Waals surface area contributed by atoms with Gasteiger partial charge in [0.2, 0.25) is 0 Å². The SMILES string of the molecule is CC12CCC3C(CC(O)C4CCCCC43C)C1CCC2CCCC(=O)O. The number of carboxylic acid groups (broad SMARTS) is 1. The predicted molar refractivity (Wildman–Crippen MR) is 103 cm³/mol. The molecule has 0 heterocycles. The summed E-state index contributed by atoms with van der Waals surface area (Å²) in [6.07, 6.45) is 13.7. The van der Waals surface area contributed by atoms with Crippen LogP contribution in [-0.4, -0.2) is 22.3 Å². The lowest BCUT2D eigenvalue weighted by molar-refractivity contribution is -0.157. The Kier molecular flexibility index (Phi) is 4.91. The van der Waals surface area contributed by atoms with Crippen LogP contribution in [0.25, 0.3) is 0 Å². The Morgan fingerprint density at radius 1 is 0.962 bits per heavy atom. The average molecular weight is 363 g/mol. The van der Waals surface area contributed by atoms with Gasteiger partial charge in [0.05, 0.1) is 6.10 Å². The standard InChI is InChI=1S/C23H38O3/c1-22-13-11-18-16(14-20(24)19-7-3-4-12-23(18,19)2)17(22)10-9-15(22)6-5-8-21(25)26/h15-20,24H,3-14H2,1-2H3,(H,25,26). The highest BCUT2D eigenvalue weighted by molar-refractivity contribution is 5.66. The Labute approximate surface area is 158 Å². The molecule has 0 bridgehead atoms. The average Bonchev–Trinajstić information content (AvgIpc) is 2.91. The first-order chi connectivity index (χ1) is 12.4. The molecule has 4 rings (SSSR count). The van der Waals surface area contributed by atoms with Crippen molar-refractivity contribution >= 4 is 5.97 Å². The maximum atomic E-state index is 11.0. The van der Waals surface area contributed by atoms with Gasteiger partial charge in [0.1, 0.15) is 0 Å². The van der Waals surface area contributed by atoms with Gasteiger partial charge in [-0.1, -0.05) is 26.7 Å². The first-order valence-corrected chi connectivity index (χ1v) is 11.3. The molecule has 4 aliphatic carbocycles. The van der Waals surface area contributed by atoms with E-state index in [4.69, 9.17) is 5.11 Å². The van der Waals surface area contributed by atoms with E-state index in [2.05, 4.69) is 13.8 Å². The molecule has 0 spiro atoms. The van der Waals surface area contributed by atoms with Crippen molar-refractivity contribution in [2.24, 2.45) is 40.4 Å². The van der Waals surface area contributed by atoms with E-state index in [1.54, 1.807) is 0 Å². The fourth-order valence-electron chi connectivity index (χ4n) is 8.44. The number of hydrogen-bond donors (Lipinski definition) is 2. The molecule has 26 heavy (non-hydrogen) atoms. The van der Waals surface area contributed by atoms with Gasteiger partial charge in [0.15, 0.2) is 0 Å². The van der Waals surface area contributed by atoms with E-state index < -0.39 is 5.97 Å². The zero-order valence-electron chi connectivity index (χ0n) is 16.8. The first kappa shape index (κ1) is 18.8. The van der Waals surface area contributed by atoms with Crippen LogP contribution in [0.15, 0.2) is 0 Å². The lowest BCUT2D eigenvalue weighted by Gasteiger charge is -2.61. The Balaban J connectivity index is 1.52. The maximum Gasteiger partial charge on any atom is 0.303 e. The maximum absolute atomic E-state index is 11.0. The Bertz CT molecular complexity index is 546. The summed E-state index contributed by atoms with van der Waals surface area (Å²) in [5.41, 5.74) is 0.751. The zero-order chi connectivity index (χ0) is 18.5. The normalized spacial score (nSPS) is 50.6. The molecule has 0 aromatic rings. The minimum Gasteiger partial charge on any atom is -0.481 e. The van der Waals surface area contributed by atoms with E-state index in [1.165, 1.54) is 51.4 Å². The van der Waals surface area contributed by atoms with Crippen LogP contribution in [-0.2, 0) is 4.79 Å². The highest BCUT2D eigenvalue weighted by atomic mass is 16.4. The summed E-state index contributed by atoms with van der Waals surface area (Å²) >= 11 is 0. The van der Waals surface area contributed by atoms with Gasteiger partial charge in [0, 0.05) is 6.42 Å². The van der Waals surface area contributed by atoms with Crippen LogP contribution in [0.4, 0.5) is 0 Å². The van der Waals surface area contributed by atoms with Crippen LogP contribution in [0.5, 0.6) is 0 Å². The molecular formula is C23H38O3. The van der Waals surface area contributed by atoms with E-state index in [1.807, 2.05) is 0 Å².